The summed E-state index contributed by atoms with van der Waals surface area (Å²) in [4.78, 5) is 8.99. The van der Waals surface area contributed by atoms with Gasteiger partial charge in [-0.15, -0.1) is 0 Å². The number of pyridine rings is 1. The van der Waals surface area contributed by atoms with Gasteiger partial charge in [-0.05, 0) is 12.5 Å². The van der Waals surface area contributed by atoms with Crippen molar-refractivity contribution in [3.8, 4) is 0 Å². The van der Waals surface area contributed by atoms with Gasteiger partial charge in [-0.1, -0.05) is 31.5 Å². The lowest BCUT2D eigenvalue weighted by Crippen LogP contribution is -2.12. The molecule has 0 amide bonds. The van der Waals surface area contributed by atoms with Gasteiger partial charge in [-0.3, -0.25) is 4.98 Å². The van der Waals surface area contributed by atoms with Gasteiger partial charge in [-0.2, -0.15) is 0 Å². The van der Waals surface area contributed by atoms with Gasteiger partial charge in [0, 0.05) is 11.8 Å². The molecule has 0 unspecified atom stereocenters. The summed E-state index contributed by atoms with van der Waals surface area (Å²) in [6.07, 6.45) is 4.96. The minimum Gasteiger partial charge on any atom is -0.337 e. The predicted octanol–water partition coefficient (Wildman–Crippen LogP) is 2.64. The van der Waals surface area contributed by atoms with Crippen LogP contribution in [-0.4, -0.2) is 14.6 Å². The van der Waals surface area contributed by atoms with E-state index in [1.165, 1.54) is 0 Å². The molecule has 0 aliphatic carbocycles. The highest BCUT2D eigenvalue weighted by molar-refractivity contribution is 6.02. The van der Waals surface area contributed by atoms with Crippen LogP contribution in [0, 0.1) is 0 Å². The molecule has 2 aromatic heterocycles. The summed E-state index contributed by atoms with van der Waals surface area (Å²) in [5, 5.41) is 1.06. The molecule has 3 rings (SSSR count). The predicted molar refractivity (Wildman–Crippen MR) is 73.8 cm³/mol. The fraction of sp³-hybridized carbons (Fsp3) is 0.286. The molecule has 4 heteroatoms. The monoisotopic (exact) mass is 240 g/mol. The summed E-state index contributed by atoms with van der Waals surface area (Å²) >= 11 is 0. The number of fused-ring (bicyclic) bond motifs is 3. The first-order valence-corrected chi connectivity index (χ1v) is 6.31. The number of benzene rings is 1. The number of aryl methyl sites for hydroxylation is 1. The van der Waals surface area contributed by atoms with Gasteiger partial charge >= 0.3 is 0 Å². The average Bonchev–Trinajstić information content (AvgIpc) is 2.73. The molecular weight excluding hydrogens is 224 g/mol. The molecule has 92 valence electrons. The van der Waals surface area contributed by atoms with Crippen LogP contribution in [0.5, 0.6) is 0 Å². The molecule has 2 heterocycles. The molecule has 4 nitrogen and oxygen atoms in total. The molecule has 0 aliphatic heterocycles. The zero-order chi connectivity index (χ0) is 12.5. The zero-order valence-electron chi connectivity index (χ0n) is 10.4. The molecule has 0 aliphatic rings. The molecule has 0 saturated heterocycles. The Morgan fingerprint density at radius 3 is 2.89 bits per heavy atom. The number of nitrogens with two attached hydrogens (primary N) is 1. The van der Waals surface area contributed by atoms with Gasteiger partial charge in [0.05, 0.1) is 11.7 Å². The van der Waals surface area contributed by atoms with Crippen molar-refractivity contribution in [3.05, 3.63) is 36.3 Å². The van der Waals surface area contributed by atoms with Gasteiger partial charge in [-0.25, -0.2) is 9.66 Å². The lowest BCUT2D eigenvalue weighted by atomic mass is 10.2. The number of nitrogen functional groups attached to an aromatic ring is 1. The van der Waals surface area contributed by atoms with Gasteiger partial charge in [0.1, 0.15) is 16.9 Å². The number of nitrogens with zero attached hydrogens (tertiary/aromatic N) is 3. The second-order valence-corrected chi connectivity index (χ2v) is 4.51. The molecule has 0 atom stereocenters. The average molecular weight is 240 g/mol. The van der Waals surface area contributed by atoms with Crippen molar-refractivity contribution in [2.45, 2.75) is 26.2 Å². The molecule has 18 heavy (non-hydrogen) atoms. The third-order valence-corrected chi connectivity index (χ3v) is 3.25. The van der Waals surface area contributed by atoms with E-state index in [2.05, 4.69) is 16.9 Å². The van der Waals surface area contributed by atoms with Gasteiger partial charge in [0.25, 0.3) is 0 Å². The zero-order valence-corrected chi connectivity index (χ0v) is 10.4. The lowest BCUT2D eigenvalue weighted by molar-refractivity contribution is 0.735. The second-order valence-electron chi connectivity index (χ2n) is 4.51. The minimum atomic E-state index is 0.877. The van der Waals surface area contributed by atoms with E-state index in [0.717, 1.165) is 47.0 Å². The first-order chi connectivity index (χ1) is 8.81. The largest absolute Gasteiger partial charge is 0.337 e. The Balaban J connectivity index is 2.26. The van der Waals surface area contributed by atoms with E-state index in [-0.39, 0.29) is 0 Å². The topological polar surface area (TPSA) is 56.7 Å². The van der Waals surface area contributed by atoms with Crippen molar-refractivity contribution in [1.29, 1.82) is 0 Å². The van der Waals surface area contributed by atoms with Crippen molar-refractivity contribution >= 4 is 21.9 Å². The van der Waals surface area contributed by atoms with Gasteiger partial charge in [0.2, 0.25) is 0 Å². The van der Waals surface area contributed by atoms with Crippen LogP contribution >= 0.6 is 0 Å². The number of hydrogen-bond donors (Lipinski definition) is 1. The van der Waals surface area contributed by atoms with Crippen LogP contribution in [0.25, 0.3) is 21.9 Å². The van der Waals surface area contributed by atoms with E-state index in [1.807, 2.05) is 24.3 Å². The fourth-order valence-electron chi connectivity index (χ4n) is 2.28. The highest BCUT2D eigenvalue weighted by atomic mass is 15.3. The molecule has 0 spiro atoms. The van der Waals surface area contributed by atoms with Crippen molar-refractivity contribution in [1.82, 2.24) is 14.6 Å². The minimum absolute atomic E-state index is 0.877. The quantitative estimate of drug-likeness (QED) is 0.716. The fourth-order valence-corrected chi connectivity index (χ4v) is 2.28. The summed E-state index contributed by atoms with van der Waals surface area (Å²) < 4.78 is 1.72. The highest BCUT2D eigenvalue weighted by Gasteiger charge is 2.11. The molecule has 1 aromatic carbocycles. The Bertz CT molecular complexity index is 699. The molecule has 0 saturated carbocycles. The van der Waals surface area contributed by atoms with Crippen molar-refractivity contribution in [2.24, 2.45) is 0 Å². The molecular formula is C14H16N4. The molecule has 0 fully saturated rings. The maximum Gasteiger partial charge on any atom is 0.128 e. The summed E-state index contributed by atoms with van der Waals surface area (Å²) in [6, 6.07) is 8.02. The third kappa shape index (κ3) is 1.61. The van der Waals surface area contributed by atoms with Gasteiger partial charge < -0.3 is 5.84 Å². The van der Waals surface area contributed by atoms with Crippen LogP contribution in [0.4, 0.5) is 0 Å². The Hall–Kier alpha value is -2.10. The number of rotatable bonds is 3. The second kappa shape index (κ2) is 4.29. The van der Waals surface area contributed by atoms with Crippen molar-refractivity contribution in [3.63, 3.8) is 0 Å². The van der Waals surface area contributed by atoms with Crippen LogP contribution in [0.2, 0.25) is 0 Å². The molecule has 0 radical (unpaired) electrons. The van der Waals surface area contributed by atoms with E-state index in [9.17, 15) is 0 Å². The molecule has 0 bridgehead atoms. The molecule has 3 aromatic rings. The van der Waals surface area contributed by atoms with Crippen LogP contribution in [-0.2, 0) is 6.42 Å². The van der Waals surface area contributed by atoms with Gasteiger partial charge in [0.15, 0.2) is 0 Å². The van der Waals surface area contributed by atoms with Crippen LogP contribution in [0.15, 0.2) is 30.5 Å². The van der Waals surface area contributed by atoms with Crippen LogP contribution in [0.1, 0.15) is 25.6 Å². The number of unbranched alkanes of at least 4 members (excludes halogenated alkanes) is 1. The highest BCUT2D eigenvalue weighted by Crippen LogP contribution is 2.23. The number of imidazole rings is 1. The lowest BCUT2D eigenvalue weighted by Gasteiger charge is -2.03. The van der Waals surface area contributed by atoms with Crippen LogP contribution < -0.4 is 5.84 Å². The third-order valence-electron chi connectivity index (χ3n) is 3.25. The maximum absolute atomic E-state index is 6.17. The standard InChI is InChI=1S/C14H16N4/c1-2-3-8-13-17-12-9-16-11-7-5-4-6-10(11)14(12)18(13)15/h4-7,9H,2-3,8,15H2,1H3. The Labute approximate surface area is 105 Å². The summed E-state index contributed by atoms with van der Waals surface area (Å²) in [7, 11) is 0. The summed E-state index contributed by atoms with van der Waals surface area (Å²) in [5.74, 6) is 7.11. The smallest absolute Gasteiger partial charge is 0.128 e. The van der Waals surface area contributed by atoms with E-state index >= 15 is 0 Å². The van der Waals surface area contributed by atoms with Crippen molar-refractivity contribution in [2.75, 3.05) is 5.84 Å². The molecule has 2 N–H and O–H groups in total. The number of aromatic nitrogens is 3. The maximum atomic E-state index is 6.17. The normalized spacial score (nSPS) is 11.4. The van der Waals surface area contributed by atoms with E-state index < -0.39 is 0 Å². The first-order valence-electron chi connectivity index (χ1n) is 6.31. The van der Waals surface area contributed by atoms with Crippen molar-refractivity contribution < 1.29 is 0 Å². The summed E-state index contributed by atoms with van der Waals surface area (Å²) in [5.41, 5.74) is 2.81. The SMILES string of the molecule is CCCCc1nc2cnc3ccccc3c2n1N. The first kappa shape index (κ1) is 11.0. The number of hydrogen-bond acceptors (Lipinski definition) is 3. The van der Waals surface area contributed by atoms with Crippen LogP contribution in [0.3, 0.4) is 0 Å². The Morgan fingerprint density at radius 1 is 1.22 bits per heavy atom. The number of para-hydroxylation sites is 1. The van der Waals surface area contributed by atoms with E-state index in [0.29, 0.717) is 0 Å². The van der Waals surface area contributed by atoms with E-state index in [4.69, 9.17) is 5.84 Å². The summed E-state index contributed by atoms with van der Waals surface area (Å²) in [6.45, 7) is 2.17. The Morgan fingerprint density at radius 2 is 2.06 bits per heavy atom. The van der Waals surface area contributed by atoms with E-state index in [1.54, 1.807) is 10.9 Å². The Kier molecular flexibility index (Phi) is 2.63.